The maximum atomic E-state index is 8.83. The molecule has 2 heteroatoms. The van der Waals surface area contributed by atoms with Crippen molar-refractivity contribution in [3.8, 4) is 6.07 Å². The van der Waals surface area contributed by atoms with E-state index in [9.17, 15) is 0 Å². The lowest BCUT2D eigenvalue weighted by Gasteiger charge is -1.99. The van der Waals surface area contributed by atoms with E-state index in [-0.39, 0.29) is 0 Å². The number of aromatic nitrogens is 1. The lowest BCUT2D eigenvalue weighted by atomic mass is 10.1. The third-order valence-electron chi connectivity index (χ3n) is 1.99. The van der Waals surface area contributed by atoms with Crippen LogP contribution in [0.4, 0.5) is 0 Å². The van der Waals surface area contributed by atoms with Crippen LogP contribution in [0.2, 0.25) is 0 Å². The van der Waals surface area contributed by atoms with Crippen molar-refractivity contribution in [2.24, 2.45) is 0 Å². The molecule has 0 saturated carbocycles. The molecule has 0 spiro atoms. The lowest BCUT2D eigenvalue weighted by Crippen LogP contribution is -1.85. The van der Waals surface area contributed by atoms with Crippen LogP contribution in [0.25, 0.3) is 10.9 Å². The molecule has 1 aromatic carbocycles. The summed E-state index contributed by atoms with van der Waals surface area (Å²) in [4.78, 5) is 4.33. The molecule has 62 valence electrons. The summed E-state index contributed by atoms with van der Waals surface area (Å²) >= 11 is 0. The van der Waals surface area contributed by atoms with Gasteiger partial charge in [0.1, 0.15) is 0 Å². The fourth-order valence-corrected chi connectivity index (χ4v) is 1.35. The van der Waals surface area contributed by atoms with E-state index in [0.717, 1.165) is 16.6 Å². The van der Waals surface area contributed by atoms with Gasteiger partial charge in [-0.25, -0.2) is 0 Å². The molecule has 2 nitrogen and oxygen atoms in total. The molecule has 0 unspecified atom stereocenters. The Hall–Kier alpha value is -1.88. The summed E-state index contributed by atoms with van der Waals surface area (Å²) in [6.07, 6.45) is 0. The van der Waals surface area contributed by atoms with Crippen molar-refractivity contribution < 1.29 is 0 Å². The molecule has 0 atom stereocenters. The van der Waals surface area contributed by atoms with Crippen LogP contribution in [0.5, 0.6) is 0 Å². The summed E-state index contributed by atoms with van der Waals surface area (Å²) in [5, 5.41) is 9.75. The molecule has 0 radical (unpaired) electrons. The molecule has 0 aliphatic heterocycles. The molecule has 2 rings (SSSR count). The maximum Gasteiger partial charge on any atom is 0.0998 e. The molecule has 13 heavy (non-hydrogen) atoms. The Balaban J connectivity index is 2.87. The van der Waals surface area contributed by atoms with Gasteiger partial charge in [-0.2, -0.15) is 5.26 Å². The van der Waals surface area contributed by atoms with E-state index in [2.05, 4.69) is 11.1 Å². The zero-order valence-electron chi connectivity index (χ0n) is 7.28. The zero-order chi connectivity index (χ0) is 9.26. The van der Waals surface area contributed by atoms with E-state index >= 15 is 0 Å². The van der Waals surface area contributed by atoms with Crippen LogP contribution in [-0.2, 0) is 0 Å². The van der Waals surface area contributed by atoms with Gasteiger partial charge in [0.05, 0.1) is 17.1 Å². The predicted octanol–water partition coefficient (Wildman–Crippen LogP) is 2.41. The highest BCUT2D eigenvalue weighted by molar-refractivity contribution is 5.84. The normalized spacial score (nSPS) is 9.85. The minimum atomic E-state index is 0.685. The molecule has 0 N–H and O–H groups in total. The molecule has 0 fully saturated rings. The molecule has 1 heterocycles. The molecule has 0 aliphatic rings. The summed E-state index contributed by atoms with van der Waals surface area (Å²) in [5.74, 6) is 0. The average molecular weight is 168 g/mol. The Morgan fingerprint density at radius 2 is 2.08 bits per heavy atom. The quantitative estimate of drug-likeness (QED) is 0.605. The fraction of sp³-hybridized carbons (Fsp3) is 0.0909. The van der Waals surface area contributed by atoms with Gasteiger partial charge in [0.15, 0.2) is 0 Å². The highest BCUT2D eigenvalue weighted by atomic mass is 14.7. The van der Waals surface area contributed by atoms with Crippen LogP contribution in [0, 0.1) is 18.3 Å². The predicted molar refractivity (Wildman–Crippen MR) is 51.2 cm³/mol. The van der Waals surface area contributed by atoms with Crippen molar-refractivity contribution in [3.63, 3.8) is 0 Å². The smallest absolute Gasteiger partial charge is 0.0998 e. The molecule has 0 saturated heterocycles. The molecule has 0 bridgehead atoms. The third kappa shape index (κ3) is 1.25. The van der Waals surface area contributed by atoms with Crippen molar-refractivity contribution >= 4 is 10.9 Å². The number of aryl methyl sites for hydroxylation is 1. The standard InChI is InChI=1S/C11H8N2/c1-8-5-6-10-9(7-12)3-2-4-11(10)13-8/h2-6H,1H3. The molecule has 2 aromatic rings. The van der Waals surface area contributed by atoms with Gasteiger partial charge in [0, 0.05) is 11.1 Å². The molecule has 0 amide bonds. The van der Waals surface area contributed by atoms with Crippen molar-refractivity contribution in [2.45, 2.75) is 6.92 Å². The topological polar surface area (TPSA) is 36.7 Å². The maximum absolute atomic E-state index is 8.83. The van der Waals surface area contributed by atoms with Crippen LogP contribution in [-0.4, -0.2) is 4.98 Å². The summed E-state index contributed by atoms with van der Waals surface area (Å²) in [6, 6.07) is 11.6. The molecular formula is C11H8N2. The largest absolute Gasteiger partial charge is 0.253 e. The lowest BCUT2D eigenvalue weighted by molar-refractivity contribution is 1.25. The van der Waals surface area contributed by atoms with Crippen LogP contribution in [0.1, 0.15) is 11.3 Å². The first-order valence-corrected chi connectivity index (χ1v) is 4.08. The third-order valence-corrected chi connectivity index (χ3v) is 1.99. The zero-order valence-corrected chi connectivity index (χ0v) is 7.28. The van der Waals surface area contributed by atoms with Gasteiger partial charge in [-0.3, -0.25) is 4.98 Å². The van der Waals surface area contributed by atoms with Gasteiger partial charge in [0.2, 0.25) is 0 Å². The monoisotopic (exact) mass is 168 g/mol. The van der Waals surface area contributed by atoms with Crippen molar-refractivity contribution in [1.82, 2.24) is 4.98 Å². The summed E-state index contributed by atoms with van der Waals surface area (Å²) in [6.45, 7) is 1.94. The van der Waals surface area contributed by atoms with Gasteiger partial charge in [-0.05, 0) is 31.2 Å². The number of hydrogen-bond donors (Lipinski definition) is 0. The van der Waals surface area contributed by atoms with Gasteiger partial charge < -0.3 is 0 Å². The second-order valence-electron chi connectivity index (χ2n) is 2.94. The first-order valence-electron chi connectivity index (χ1n) is 4.08. The number of pyridine rings is 1. The van der Waals surface area contributed by atoms with Gasteiger partial charge in [-0.1, -0.05) is 6.07 Å². The minimum absolute atomic E-state index is 0.685. The van der Waals surface area contributed by atoms with Crippen LogP contribution >= 0.6 is 0 Å². The van der Waals surface area contributed by atoms with Crippen molar-refractivity contribution in [2.75, 3.05) is 0 Å². The van der Waals surface area contributed by atoms with Crippen LogP contribution in [0.3, 0.4) is 0 Å². The van der Waals surface area contributed by atoms with E-state index in [4.69, 9.17) is 5.26 Å². The number of nitriles is 1. The number of fused-ring (bicyclic) bond motifs is 1. The first kappa shape index (κ1) is 7.75. The summed E-state index contributed by atoms with van der Waals surface area (Å²) in [5.41, 5.74) is 2.55. The Morgan fingerprint density at radius 1 is 1.23 bits per heavy atom. The van der Waals surface area contributed by atoms with Crippen LogP contribution in [0.15, 0.2) is 30.3 Å². The second kappa shape index (κ2) is 2.87. The van der Waals surface area contributed by atoms with E-state index in [1.807, 2.05) is 31.2 Å². The number of rotatable bonds is 0. The SMILES string of the molecule is Cc1ccc2c(C#N)cccc2n1. The van der Waals surface area contributed by atoms with Gasteiger partial charge >= 0.3 is 0 Å². The van der Waals surface area contributed by atoms with E-state index in [0.29, 0.717) is 5.56 Å². The minimum Gasteiger partial charge on any atom is -0.253 e. The number of benzene rings is 1. The number of nitrogens with zero attached hydrogens (tertiary/aromatic N) is 2. The Morgan fingerprint density at radius 3 is 2.85 bits per heavy atom. The molecule has 1 aromatic heterocycles. The van der Waals surface area contributed by atoms with Gasteiger partial charge in [0.25, 0.3) is 0 Å². The van der Waals surface area contributed by atoms with Crippen molar-refractivity contribution in [1.29, 1.82) is 5.26 Å². The molecular weight excluding hydrogens is 160 g/mol. The van der Waals surface area contributed by atoms with E-state index < -0.39 is 0 Å². The van der Waals surface area contributed by atoms with E-state index in [1.54, 1.807) is 6.07 Å². The summed E-state index contributed by atoms with van der Waals surface area (Å²) < 4.78 is 0. The van der Waals surface area contributed by atoms with E-state index in [1.165, 1.54) is 0 Å². The summed E-state index contributed by atoms with van der Waals surface area (Å²) in [7, 11) is 0. The fourth-order valence-electron chi connectivity index (χ4n) is 1.35. The molecule has 0 aliphatic carbocycles. The highest BCUT2D eigenvalue weighted by Gasteiger charge is 1.99. The van der Waals surface area contributed by atoms with Gasteiger partial charge in [-0.15, -0.1) is 0 Å². The Kier molecular flexibility index (Phi) is 1.71. The Bertz CT molecular complexity index is 495. The average Bonchev–Trinajstić information content (AvgIpc) is 2.16. The first-order chi connectivity index (χ1) is 6.31. The van der Waals surface area contributed by atoms with Crippen molar-refractivity contribution in [3.05, 3.63) is 41.6 Å². The Labute approximate surface area is 76.5 Å². The number of hydrogen-bond acceptors (Lipinski definition) is 2. The van der Waals surface area contributed by atoms with Crippen LogP contribution < -0.4 is 0 Å². The highest BCUT2D eigenvalue weighted by Crippen LogP contribution is 2.16. The second-order valence-corrected chi connectivity index (χ2v) is 2.94.